The summed E-state index contributed by atoms with van der Waals surface area (Å²) in [4.78, 5) is 6.81. The molecule has 2 heterocycles. The van der Waals surface area contributed by atoms with Gasteiger partial charge in [-0.25, -0.2) is 0 Å². The second kappa shape index (κ2) is 11.6. The van der Waals surface area contributed by atoms with Crippen molar-refractivity contribution >= 4 is 41.5 Å². The van der Waals surface area contributed by atoms with Crippen LogP contribution in [0.3, 0.4) is 0 Å². The average molecular weight is 517 g/mol. The van der Waals surface area contributed by atoms with Crippen molar-refractivity contribution in [3.63, 3.8) is 0 Å². The highest BCUT2D eigenvalue weighted by Crippen LogP contribution is 2.21. The Morgan fingerprint density at radius 3 is 2.61 bits per heavy atom. The second-order valence-electron chi connectivity index (χ2n) is 7.06. The van der Waals surface area contributed by atoms with Crippen LogP contribution in [0.1, 0.15) is 24.1 Å². The Kier molecular flexibility index (Phi) is 9.53. The van der Waals surface area contributed by atoms with Crippen molar-refractivity contribution in [1.82, 2.24) is 25.3 Å². The molecule has 1 aliphatic heterocycles. The van der Waals surface area contributed by atoms with E-state index in [1.807, 2.05) is 43.2 Å². The first-order valence-electron chi connectivity index (χ1n) is 9.53. The highest BCUT2D eigenvalue weighted by atomic mass is 127. The number of hydrogen-bond acceptors (Lipinski definition) is 3. The number of guanidine groups is 1. The maximum absolute atomic E-state index is 6.29. The van der Waals surface area contributed by atoms with Gasteiger partial charge in [-0.1, -0.05) is 29.8 Å². The van der Waals surface area contributed by atoms with E-state index in [4.69, 9.17) is 11.6 Å². The number of hydrogen-bond donors (Lipinski definition) is 2. The molecule has 0 radical (unpaired) electrons. The van der Waals surface area contributed by atoms with Crippen molar-refractivity contribution in [2.24, 2.45) is 18.0 Å². The summed E-state index contributed by atoms with van der Waals surface area (Å²) in [6, 6.07) is 10.1. The van der Waals surface area contributed by atoms with Crippen molar-refractivity contribution in [3.05, 3.63) is 52.8 Å². The first-order chi connectivity index (χ1) is 13.2. The lowest BCUT2D eigenvalue weighted by molar-refractivity contribution is 0.178. The zero-order chi connectivity index (χ0) is 19.1. The van der Waals surface area contributed by atoms with E-state index >= 15 is 0 Å². The smallest absolute Gasteiger partial charge is 0.191 e. The van der Waals surface area contributed by atoms with E-state index in [2.05, 4.69) is 37.8 Å². The van der Waals surface area contributed by atoms with E-state index in [0.717, 1.165) is 42.9 Å². The molecule has 0 unspecified atom stereocenters. The standard InChI is InChI=1S/C20H29ClN6.HI/c1-22-20(24-14-18-7-10-25-26(18)2)23-13-16-8-11-27(12-9-16)15-17-5-3-4-6-19(17)21;/h3-7,10,16H,8-9,11-15H2,1-2H3,(H2,22,23,24);1H. The predicted octanol–water partition coefficient (Wildman–Crippen LogP) is 3.27. The minimum absolute atomic E-state index is 0. The number of aryl methyl sites for hydroxylation is 1. The van der Waals surface area contributed by atoms with Gasteiger partial charge < -0.3 is 10.6 Å². The van der Waals surface area contributed by atoms with Crippen LogP contribution in [-0.4, -0.2) is 47.3 Å². The summed E-state index contributed by atoms with van der Waals surface area (Å²) in [6.07, 6.45) is 4.19. The fraction of sp³-hybridized carbons (Fsp3) is 0.500. The molecular weight excluding hydrogens is 487 g/mol. The minimum Gasteiger partial charge on any atom is -0.356 e. The lowest BCUT2D eigenvalue weighted by atomic mass is 9.96. The quantitative estimate of drug-likeness (QED) is 0.352. The van der Waals surface area contributed by atoms with Gasteiger partial charge in [0.25, 0.3) is 0 Å². The molecule has 1 saturated heterocycles. The number of rotatable bonds is 6. The number of aromatic nitrogens is 2. The molecule has 0 atom stereocenters. The summed E-state index contributed by atoms with van der Waals surface area (Å²) in [6.45, 7) is 4.82. The summed E-state index contributed by atoms with van der Waals surface area (Å²) < 4.78 is 1.87. The van der Waals surface area contributed by atoms with Crippen molar-refractivity contribution in [2.45, 2.75) is 25.9 Å². The topological polar surface area (TPSA) is 57.5 Å². The fourth-order valence-electron chi connectivity index (χ4n) is 3.43. The minimum atomic E-state index is 0. The third kappa shape index (κ3) is 6.63. The summed E-state index contributed by atoms with van der Waals surface area (Å²) in [7, 11) is 3.76. The Morgan fingerprint density at radius 1 is 1.21 bits per heavy atom. The van der Waals surface area contributed by atoms with Gasteiger partial charge in [-0.3, -0.25) is 14.6 Å². The van der Waals surface area contributed by atoms with E-state index in [0.29, 0.717) is 12.5 Å². The molecule has 6 nitrogen and oxygen atoms in total. The van der Waals surface area contributed by atoms with Crippen LogP contribution in [0.15, 0.2) is 41.5 Å². The van der Waals surface area contributed by atoms with Gasteiger partial charge in [-0.15, -0.1) is 24.0 Å². The molecule has 8 heteroatoms. The van der Waals surface area contributed by atoms with Gasteiger partial charge in [0.05, 0.1) is 12.2 Å². The van der Waals surface area contributed by atoms with Crippen LogP contribution in [-0.2, 0) is 20.1 Å². The maximum atomic E-state index is 6.29. The van der Waals surface area contributed by atoms with Crippen LogP contribution >= 0.6 is 35.6 Å². The largest absolute Gasteiger partial charge is 0.356 e. The number of benzene rings is 1. The molecule has 2 aromatic rings. The monoisotopic (exact) mass is 516 g/mol. The Hall–Kier alpha value is -1.32. The van der Waals surface area contributed by atoms with Gasteiger partial charge in [0.1, 0.15) is 0 Å². The Bertz CT molecular complexity index is 755. The Morgan fingerprint density at radius 2 is 1.96 bits per heavy atom. The fourth-order valence-corrected chi connectivity index (χ4v) is 3.62. The molecule has 1 aliphatic rings. The summed E-state index contributed by atoms with van der Waals surface area (Å²) >= 11 is 6.29. The zero-order valence-electron chi connectivity index (χ0n) is 16.6. The van der Waals surface area contributed by atoms with Crippen LogP contribution in [0.25, 0.3) is 0 Å². The van der Waals surface area contributed by atoms with Crippen LogP contribution in [0.4, 0.5) is 0 Å². The zero-order valence-corrected chi connectivity index (χ0v) is 19.7. The number of likely N-dealkylation sites (tertiary alicyclic amines) is 1. The molecular formula is C20H30ClIN6. The summed E-state index contributed by atoms with van der Waals surface area (Å²) in [5.74, 6) is 1.51. The van der Waals surface area contributed by atoms with Gasteiger partial charge in [-0.2, -0.15) is 5.10 Å². The van der Waals surface area contributed by atoms with Crippen molar-refractivity contribution in [2.75, 3.05) is 26.7 Å². The first-order valence-corrected chi connectivity index (χ1v) is 9.90. The van der Waals surface area contributed by atoms with E-state index in [1.54, 1.807) is 0 Å². The molecule has 28 heavy (non-hydrogen) atoms. The maximum Gasteiger partial charge on any atom is 0.191 e. The lowest BCUT2D eigenvalue weighted by Crippen LogP contribution is -2.42. The molecule has 1 fully saturated rings. The summed E-state index contributed by atoms with van der Waals surface area (Å²) in [5, 5.41) is 11.9. The van der Waals surface area contributed by atoms with Crippen molar-refractivity contribution in [3.8, 4) is 0 Å². The van der Waals surface area contributed by atoms with Gasteiger partial charge in [0.2, 0.25) is 0 Å². The highest BCUT2D eigenvalue weighted by Gasteiger charge is 2.20. The molecule has 154 valence electrons. The number of halogens is 2. The van der Waals surface area contributed by atoms with Crippen molar-refractivity contribution in [1.29, 1.82) is 0 Å². The first kappa shape index (κ1) is 23.0. The normalized spacial score (nSPS) is 15.9. The van der Waals surface area contributed by atoms with Gasteiger partial charge in [0, 0.05) is 38.4 Å². The Balaban J connectivity index is 0.00000280. The average Bonchev–Trinajstić information content (AvgIpc) is 3.10. The molecule has 0 spiro atoms. The molecule has 0 bridgehead atoms. The third-order valence-corrected chi connectivity index (χ3v) is 5.57. The molecule has 1 aromatic heterocycles. The van der Waals surface area contributed by atoms with Crippen LogP contribution in [0.2, 0.25) is 5.02 Å². The number of aliphatic imine (C=N–C) groups is 1. The molecule has 0 saturated carbocycles. The molecule has 0 aliphatic carbocycles. The second-order valence-corrected chi connectivity index (χ2v) is 7.47. The SMILES string of the molecule is CN=C(NCc1ccnn1C)NCC1CCN(Cc2ccccc2Cl)CC1.I. The van der Waals surface area contributed by atoms with Crippen LogP contribution < -0.4 is 10.6 Å². The Labute approximate surface area is 189 Å². The van der Waals surface area contributed by atoms with Crippen LogP contribution in [0, 0.1) is 5.92 Å². The van der Waals surface area contributed by atoms with Gasteiger partial charge in [0.15, 0.2) is 5.96 Å². The van der Waals surface area contributed by atoms with E-state index in [1.165, 1.54) is 18.4 Å². The molecule has 0 amide bonds. The molecule has 2 N–H and O–H groups in total. The van der Waals surface area contributed by atoms with E-state index < -0.39 is 0 Å². The number of nitrogens with one attached hydrogen (secondary N) is 2. The van der Waals surface area contributed by atoms with E-state index in [9.17, 15) is 0 Å². The third-order valence-electron chi connectivity index (χ3n) is 5.20. The van der Waals surface area contributed by atoms with Gasteiger partial charge in [-0.05, 0) is 49.5 Å². The lowest BCUT2D eigenvalue weighted by Gasteiger charge is -2.32. The van der Waals surface area contributed by atoms with Crippen molar-refractivity contribution < 1.29 is 0 Å². The van der Waals surface area contributed by atoms with Crippen LogP contribution in [0.5, 0.6) is 0 Å². The predicted molar refractivity (Wildman–Crippen MR) is 126 cm³/mol. The number of piperidine rings is 1. The molecule has 1 aromatic carbocycles. The number of nitrogens with zero attached hydrogens (tertiary/aromatic N) is 4. The van der Waals surface area contributed by atoms with E-state index in [-0.39, 0.29) is 24.0 Å². The molecule has 3 rings (SSSR count). The summed E-state index contributed by atoms with van der Waals surface area (Å²) in [5.41, 5.74) is 2.35. The van der Waals surface area contributed by atoms with Gasteiger partial charge >= 0.3 is 0 Å². The highest BCUT2D eigenvalue weighted by molar-refractivity contribution is 14.0.